The molecule has 3 fully saturated rings. The number of aromatic nitrogens is 4. The molecule has 0 amide bonds. The number of rotatable bonds is 5. The summed E-state index contributed by atoms with van der Waals surface area (Å²) in [5.41, 5.74) is 1.50. The average molecular weight is 474 g/mol. The van der Waals surface area contributed by atoms with Crippen molar-refractivity contribution in [3.63, 3.8) is 0 Å². The van der Waals surface area contributed by atoms with E-state index in [4.69, 9.17) is 23.9 Å². The molecule has 12 nitrogen and oxygen atoms in total. The van der Waals surface area contributed by atoms with Crippen molar-refractivity contribution in [1.82, 2.24) is 34.2 Å². The Balaban J connectivity index is 0.000000418. The van der Waals surface area contributed by atoms with Gasteiger partial charge in [0, 0.05) is 45.5 Å². The fraction of sp³-hybridized carbons (Fsp3) is 0.706. The Bertz CT molecular complexity index is 858. The third-order valence-corrected chi connectivity index (χ3v) is 9.51. The summed E-state index contributed by atoms with van der Waals surface area (Å²) < 4.78 is 23.6. The van der Waals surface area contributed by atoms with Gasteiger partial charge >= 0.3 is 15.8 Å². The minimum absolute atomic E-state index is 0.717. The highest BCUT2D eigenvalue weighted by Gasteiger charge is 2.63. The predicted octanol–water partition coefficient (Wildman–Crippen LogP) is 1.29. The van der Waals surface area contributed by atoms with Crippen LogP contribution in [-0.2, 0) is 4.57 Å². The number of hydrogen-bond donors (Lipinski definition) is 3. The van der Waals surface area contributed by atoms with Crippen molar-refractivity contribution in [2.75, 3.05) is 39.3 Å². The molecule has 0 radical (unpaired) electrons. The number of hydrogen-bond acceptors (Lipinski definition) is 8. The number of fused-ring (bicyclic) bond motifs is 1. The first-order chi connectivity index (χ1) is 14.9. The molecule has 5 heterocycles. The largest absolute Gasteiger partial charge is 0.466 e. The van der Waals surface area contributed by atoms with Crippen LogP contribution in [0.25, 0.3) is 11.2 Å². The van der Waals surface area contributed by atoms with E-state index in [9.17, 15) is 0 Å². The van der Waals surface area contributed by atoms with Gasteiger partial charge in [-0.25, -0.2) is 9.55 Å². The van der Waals surface area contributed by atoms with Gasteiger partial charge in [0.2, 0.25) is 5.65 Å². The summed E-state index contributed by atoms with van der Waals surface area (Å²) in [4.78, 5) is 27.7. The molecular formula is C17H30N7O5P2+. The standard InChI is InChI=1S/C17H27N7OP.H3O4P/c1-2-11-21(10-1)26(22-12-3-4-13-22,23-14-5-6-15-23)25-24-17-16(19-20-24)8-7-9-18-17;1-5(2,3)4/h7-9H,1-6,10-15H2;(H3,1,2,3,4)/q+1;. The third-order valence-electron chi connectivity index (χ3n) is 5.72. The van der Waals surface area contributed by atoms with Crippen molar-refractivity contribution in [3.8, 4) is 0 Å². The van der Waals surface area contributed by atoms with Gasteiger partial charge < -0.3 is 14.7 Å². The van der Waals surface area contributed by atoms with Gasteiger partial charge in [-0.2, -0.15) is 4.62 Å². The summed E-state index contributed by atoms with van der Waals surface area (Å²) in [5.74, 6) is 0. The molecule has 0 spiro atoms. The fourth-order valence-electron chi connectivity index (χ4n) is 4.48. The third kappa shape index (κ3) is 5.23. The van der Waals surface area contributed by atoms with Crippen molar-refractivity contribution in [2.24, 2.45) is 0 Å². The van der Waals surface area contributed by atoms with E-state index in [2.05, 4.69) is 29.3 Å². The van der Waals surface area contributed by atoms with Gasteiger partial charge in [0.1, 0.15) is 5.52 Å². The summed E-state index contributed by atoms with van der Waals surface area (Å²) >= 11 is 0. The second-order valence-corrected chi connectivity index (χ2v) is 11.8. The molecule has 2 aromatic heterocycles. The zero-order chi connectivity index (χ0) is 21.9. The van der Waals surface area contributed by atoms with Crippen LogP contribution >= 0.6 is 15.8 Å². The molecule has 3 saturated heterocycles. The van der Waals surface area contributed by atoms with Gasteiger partial charge in [-0.05, 0) is 60.7 Å². The Labute approximate surface area is 181 Å². The molecule has 0 atom stereocenters. The van der Waals surface area contributed by atoms with Crippen LogP contribution in [0.15, 0.2) is 18.3 Å². The van der Waals surface area contributed by atoms with E-state index in [0.717, 1.165) is 50.4 Å². The van der Waals surface area contributed by atoms with Gasteiger partial charge in [0.05, 0.1) is 0 Å². The first-order valence-electron chi connectivity index (χ1n) is 10.7. The summed E-state index contributed by atoms with van der Waals surface area (Å²) in [6, 6.07) is 3.84. The van der Waals surface area contributed by atoms with E-state index in [0.29, 0.717) is 0 Å². The van der Waals surface area contributed by atoms with E-state index in [1.165, 1.54) is 38.5 Å². The SMILES string of the molecule is O=P(O)(O)O.c1cnc2c(c1)nnn2O[P+](N1CCCC1)(N1CCCC1)N1CCCC1. The van der Waals surface area contributed by atoms with E-state index in [-0.39, 0.29) is 0 Å². The quantitative estimate of drug-likeness (QED) is 0.540. The van der Waals surface area contributed by atoms with Crippen molar-refractivity contribution in [1.29, 1.82) is 0 Å². The molecule has 3 aliphatic rings. The van der Waals surface area contributed by atoms with Crippen LogP contribution in [0.2, 0.25) is 0 Å². The molecule has 0 aliphatic carbocycles. The Kier molecular flexibility index (Phi) is 7.20. The zero-order valence-corrected chi connectivity index (χ0v) is 19.2. The first kappa shape index (κ1) is 22.9. The summed E-state index contributed by atoms with van der Waals surface area (Å²) in [5, 5.41) is 8.59. The summed E-state index contributed by atoms with van der Waals surface area (Å²) in [6.45, 7) is 6.67. The minimum atomic E-state index is -4.64. The lowest BCUT2D eigenvalue weighted by molar-refractivity contribution is 0.168. The monoisotopic (exact) mass is 474 g/mol. The fourth-order valence-corrected chi connectivity index (χ4v) is 8.59. The Hall–Kier alpha value is -1.23. The van der Waals surface area contributed by atoms with Gasteiger partial charge in [0.25, 0.3) is 0 Å². The lowest BCUT2D eigenvalue weighted by Gasteiger charge is -2.39. The van der Waals surface area contributed by atoms with E-state index >= 15 is 0 Å². The van der Waals surface area contributed by atoms with E-state index in [1.807, 2.05) is 12.1 Å². The van der Waals surface area contributed by atoms with Gasteiger partial charge in [0.15, 0.2) is 0 Å². The van der Waals surface area contributed by atoms with Crippen LogP contribution in [0.3, 0.4) is 0 Å². The smallest absolute Gasteiger partial charge is 0.303 e. The van der Waals surface area contributed by atoms with Gasteiger partial charge in [-0.15, -0.1) is 19.1 Å². The molecular weight excluding hydrogens is 444 g/mol. The van der Waals surface area contributed by atoms with E-state index < -0.39 is 15.8 Å². The maximum absolute atomic E-state index is 8.88. The minimum Gasteiger partial charge on any atom is -0.303 e. The molecule has 2 aromatic rings. The van der Waals surface area contributed by atoms with Crippen molar-refractivity contribution in [3.05, 3.63) is 18.3 Å². The van der Waals surface area contributed by atoms with Crippen LogP contribution in [0.4, 0.5) is 0 Å². The van der Waals surface area contributed by atoms with Crippen LogP contribution in [0, 0.1) is 0 Å². The zero-order valence-electron chi connectivity index (χ0n) is 17.4. The average Bonchev–Trinajstić information content (AvgIpc) is 3.54. The molecule has 172 valence electrons. The number of phosphoric acid groups is 1. The number of nitrogens with zero attached hydrogens (tertiary/aromatic N) is 7. The molecule has 3 aliphatic heterocycles. The highest BCUT2D eigenvalue weighted by atomic mass is 31.2. The maximum atomic E-state index is 8.88. The van der Waals surface area contributed by atoms with Crippen LogP contribution in [-0.4, -0.2) is 88.1 Å². The number of pyridine rings is 1. The van der Waals surface area contributed by atoms with E-state index in [1.54, 1.807) is 11.0 Å². The van der Waals surface area contributed by atoms with Crippen LogP contribution in [0.1, 0.15) is 38.5 Å². The first-order valence-corrected chi connectivity index (χ1v) is 13.8. The summed E-state index contributed by atoms with van der Waals surface area (Å²) in [7, 11) is -6.75. The Morgan fingerprint density at radius 2 is 1.32 bits per heavy atom. The predicted molar refractivity (Wildman–Crippen MR) is 116 cm³/mol. The highest BCUT2D eigenvalue weighted by Crippen LogP contribution is 2.68. The molecule has 14 heteroatoms. The second-order valence-electron chi connectivity index (χ2n) is 7.90. The topological polar surface area (TPSA) is 140 Å². The van der Waals surface area contributed by atoms with Gasteiger partial charge in [-0.1, -0.05) is 0 Å². The molecule has 31 heavy (non-hydrogen) atoms. The Morgan fingerprint density at radius 1 is 0.871 bits per heavy atom. The van der Waals surface area contributed by atoms with Crippen LogP contribution in [0.5, 0.6) is 0 Å². The summed E-state index contributed by atoms with van der Waals surface area (Å²) in [6.07, 6.45) is 9.30. The van der Waals surface area contributed by atoms with Crippen molar-refractivity contribution in [2.45, 2.75) is 38.5 Å². The molecule has 0 unspecified atom stereocenters. The molecule has 5 rings (SSSR count). The Morgan fingerprint density at radius 3 is 1.77 bits per heavy atom. The lowest BCUT2D eigenvalue weighted by Crippen LogP contribution is -2.47. The normalized spacial score (nSPS) is 21.5. The van der Waals surface area contributed by atoms with Gasteiger partial charge in [-0.3, -0.25) is 0 Å². The molecule has 0 bridgehead atoms. The maximum Gasteiger partial charge on any atom is 0.466 e. The van der Waals surface area contributed by atoms with Crippen LogP contribution < -0.4 is 4.62 Å². The molecule has 0 saturated carbocycles. The molecule has 3 N–H and O–H groups in total. The van der Waals surface area contributed by atoms with Crippen molar-refractivity contribution < 1.29 is 23.9 Å². The second kappa shape index (κ2) is 9.72. The lowest BCUT2D eigenvalue weighted by atomic mass is 10.4. The molecule has 0 aromatic carbocycles. The van der Waals surface area contributed by atoms with Crippen molar-refractivity contribution >= 4 is 26.9 Å². The highest BCUT2D eigenvalue weighted by molar-refractivity contribution is 7.64.